The first-order valence-corrected chi connectivity index (χ1v) is 6.89. The summed E-state index contributed by atoms with van der Waals surface area (Å²) < 4.78 is 0. The van der Waals surface area contributed by atoms with E-state index >= 15 is 0 Å². The maximum atomic E-state index is 2.80. The van der Waals surface area contributed by atoms with Crippen molar-refractivity contribution >= 4 is 0 Å². The Kier molecular flexibility index (Phi) is 3.71. The summed E-state index contributed by atoms with van der Waals surface area (Å²) in [4.78, 5) is 2.80. The Hall–Kier alpha value is -0.0400. The van der Waals surface area contributed by atoms with E-state index in [4.69, 9.17) is 0 Å². The van der Waals surface area contributed by atoms with Crippen LogP contribution in [-0.4, -0.2) is 24.0 Å². The molecule has 0 amide bonds. The summed E-state index contributed by atoms with van der Waals surface area (Å²) in [5, 5.41) is 0. The zero-order valence-electron chi connectivity index (χ0n) is 10.7. The van der Waals surface area contributed by atoms with Crippen LogP contribution < -0.4 is 0 Å². The van der Waals surface area contributed by atoms with E-state index in [0.29, 0.717) is 0 Å². The molecule has 0 spiro atoms. The lowest BCUT2D eigenvalue weighted by Gasteiger charge is -2.42. The monoisotopic (exact) mass is 209 g/mol. The van der Waals surface area contributed by atoms with E-state index in [9.17, 15) is 0 Å². The highest BCUT2D eigenvalue weighted by Crippen LogP contribution is 2.31. The molecule has 0 bridgehead atoms. The zero-order chi connectivity index (χ0) is 10.8. The highest BCUT2D eigenvalue weighted by molar-refractivity contribution is 4.83. The van der Waals surface area contributed by atoms with Crippen molar-refractivity contribution in [3.05, 3.63) is 0 Å². The molecule has 2 aliphatic rings. The molecule has 1 aliphatic carbocycles. The van der Waals surface area contributed by atoms with E-state index in [-0.39, 0.29) is 0 Å². The fraction of sp³-hybridized carbons (Fsp3) is 1.00. The van der Waals surface area contributed by atoms with E-state index in [1.54, 1.807) is 0 Å². The predicted molar refractivity (Wildman–Crippen MR) is 65.9 cm³/mol. The van der Waals surface area contributed by atoms with Gasteiger partial charge in [-0.1, -0.05) is 20.8 Å². The van der Waals surface area contributed by atoms with Gasteiger partial charge in [-0.2, -0.15) is 0 Å². The van der Waals surface area contributed by atoms with E-state index in [1.165, 1.54) is 45.2 Å². The molecule has 1 heteroatoms. The molecule has 1 saturated carbocycles. The van der Waals surface area contributed by atoms with Gasteiger partial charge in [-0.3, -0.25) is 4.90 Å². The highest BCUT2D eigenvalue weighted by atomic mass is 15.2. The SMILES string of the molecule is C[C@@H]1C[C@H](C)CN([C@H]2CC[C@@H](C)CC2)C1. The van der Waals surface area contributed by atoms with Gasteiger partial charge in [-0.15, -0.1) is 0 Å². The Morgan fingerprint density at radius 3 is 1.80 bits per heavy atom. The van der Waals surface area contributed by atoms with Crippen molar-refractivity contribution in [2.24, 2.45) is 17.8 Å². The second-order valence-corrected chi connectivity index (χ2v) is 6.31. The minimum absolute atomic E-state index is 0.923. The lowest BCUT2D eigenvalue weighted by Crippen LogP contribution is -2.46. The summed E-state index contributed by atoms with van der Waals surface area (Å²) in [5.41, 5.74) is 0. The quantitative estimate of drug-likeness (QED) is 0.638. The van der Waals surface area contributed by atoms with Crippen LogP contribution in [0.3, 0.4) is 0 Å². The fourth-order valence-corrected chi connectivity index (χ4v) is 3.62. The molecule has 2 fully saturated rings. The molecular formula is C14H27N. The second-order valence-electron chi connectivity index (χ2n) is 6.31. The summed E-state index contributed by atoms with van der Waals surface area (Å²) in [5.74, 6) is 2.84. The molecule has 88 valence electrons. The van der Waals surface area contributed by atoms with Crippen LogP contribution >= 0.6 is 0 Å². The fourth-order valence-electron chi connectivity index (χ4n) is 3.62. The van der Waals surface area contributed by atoms with Crippen LogP contribution in [0.5, 0.6) is 0 Å². The summed E-state index contributed by atoms with van der Waals surface area (Å²) in [7, 11) is 0. The Labute approximate surface area is 95.2 Å². The number of hydrogen-bond acceptors (Lipinski definition) is 1. The van der Waals surface area contributed by atoms with Gasteiger partial charge in [-0.25, -0.2) is 0 Å². The van der Waals surface area contributed by atoms with Gasteiger partial charge in [0.1, 0.15) is 0 Å². The number of rotatable bonds is 1. The van der Waals surface area contributed by atoms with Gasteiger partial charge in [-0.05, 0) is 49.9 Å². The molecule has 0 aromatic carbocycles. The Balaban J connectivity index is 1.87. The molecule has 2 rings (SSSR count). The van der Waals surface area contributed by atoms with Crippen molar-refractivity contribution in [2.45, 2.75) is 58.9 Å². The average Bonchev–Trinajstić information content (AvgIpc) is 2.17. The Bertz CT molecular complexity index is 184. The molecule has 0 unspecified atom stereocenters. The summed E-state index contributed by atoms with van der Waals surface area (Å²) >= 11 is 0. The molecule has 2 atom stereocenters. The third-order valence-electron chi connectivity index (χ3n) is 4.40. The zero-order valence-corrected chi connectivity index (χ0v) is 10.7. The molecule has 1 heterocycles. The van der Waals surface area contributed by atoms with Gasteiger partial charge in [0.2, 0.25) is 0 Å². The molecule has 0 radical (unpaired) electrons. The Morgan fingerprint density at radius 2 is 1.27 bits per heavy atom. The summed E-state index contributed by atoms with van der Waals surface area (Å²) in [6.07, 6.45) is 7.29. The maximum absolute atomic E-state index is 2.80. The van der Waals surface area contributed by atoms with Crippen LogP contribution in [0.25, 0.3) is 0 Å². The van der Waals surface area contributed by atoms with Crippen molar-refractivity contribution in [3.8, 4) is 0 Å². The number of nitrogens with zero attached hydrogens (tertiary/aromatic N) is 1. The lowest BCUT2D eigenvalue weighted by molar-refractivity contribution is 0.0683. The van der Waals surface area contributed by atoms with Crippen LogP contribution in [0.2, 0.25) is 0 Å². The first-order chi connectivity index (χ1) is 7.15. The minimum Gasteiger partial charge on any atom is -0.300 e. The number of hydrogen-bond donors (Lipinski definition) is 0. The first kappa shape index (κ1) is 11.4. The predicted octanol–water partition coefficient (Wildman–Crippen LogP) is 3.54. The third-order valence-corrected chi connectivity index (χ3v) is 4.40. The molecule has 0 N–H and O–H groups in total. The lowest BCUT2D eigenvalue weighted by atomic mass is 9.84. The average molecular weight is 209 g/mol. The van der Waals surface area contributed by atoms with Gasteiger partial charge < -0.3 is 0 Å². The van der Waals surface area contributed by atoms with Gasteiger partial charge in [0, 0.05) is 19.1 Å². The highest BCUT2D eigenvalue weighted by Gasteiger charge is 2.29. The maximum Gasteiger partial charge on any atom is 0.00956 e. The van der Waals surface area contributed by atoms with E-state index < -0.39 is 0 Å². The largest absolute Gasteiger partial charge is 0.300 e. The van der Waals surface area contributed by atoms with E-state index in [2.05, 4.69) is 25.7 Å². The van der Waals surface area contributed by atoms with Gasteiger partial charge in [0.05, 0.1) is 0 Å². The number of likely N-dealkylation sites (tertiary alicyclic amines) is 1. The first-order valence-electron chi connectivity index (χ1n) is 6.89. The minimum atomic E-state index is 0.923. The molecule has 1 nitrogen and oxygen atoms in total. The van der Waals surface area contributed by atoms with Crippen LogP contribution in [0.15, 0.2) is 0 Å². The third kappa shape index (κ3) is 2.96. The summed E-state index contributed by atoms with van der Waals surface area (Å²) in [6, 6.07) is 0.923. The number of piperidine rings is 1. The van der Waals surface area contributed by atoms with Gasteiger partial charge in [0.25, 0.3) is 0 Å². The smallest absolute Gasteiger partial charge is 0.00956 e. The molecule has 1 aliphatic heterocycles. The van der Waals surface area contributed by atoms with Crippen molar-refractivity contribution < 1.29 is 0 Å². The standard InChI is InChI=1S/C14H27N/c1-11-4-6-14(7-5-11)15-9-12(2)8-13(3)10-15/h11-14H,4-10H2,1-3H3/t11-,12-,13+,14+. The van der Waals surface area contributed by atoms with Gasteiger partial charge >= 0.3 is 0 Å². The van der Waals surface area contributed by atoms with Crippen LogP contribution in [0.4, 0.5) is 0 Å². The van der Waals surface area contributed by atoms with E-state index in [0.717, 1.165) is 23.8 Å². The normalized spacial score (nSPS) is 44.2. The Morgan fingerprint density at radius 1 is 0.733 bits per heavy atom. The summed E-state index contributed by atoms with van der Waals surface area (Å²) in [6.45, 7) is 9.99. The van der Waals surface area contributed by atoms with Crippen molar-refractivity contribution in [3.63, 3.8) is 0 Å². The molecule has 0 aromatic heterocycles. The van der Waals surface area contributed by atoms with Crippen LogP contribution in [0, 0.1) is 17.8 Å². The van der Waals surface area contributed by atoms with Gasteiger partial charge in [0.15, 0.2) is 0 Å². The van der Waals surface area contributed by atoms with Crippen molar-refractivity contribution in [1.29, 1.82) is 0 Å². The van der Waals surface area contributed by atoms with Crippen LogP contribution in [0.1, 0.15) is 52.9 Å². The van der Waals surface area contributed by atoms with E-state index in [1.807, 2.05) is 0 Å². The van der Waals surface area contributed by atoms with Crippen molar-refractivity contribution in [2.75, 3.05) is 13.1 Å². The molecular weight excluding hydrogens is 182 g/mol. The molecule has 1 saturated heterocycles. The van der Waals surface area contributed by atoms with Crippen LogP contribution in [-0.2, 0) is 0 Å². The van der Waals surface area contributed by atoms with Crippen molar-refractivity contribution in [1.82, 2.24) is 4.90 Å². The topological polar surface area (TPSA) is 3.24 Å². The molecule has 0 aromatic rings. The molecule has 15 heavy (non-hydrogen) atoms. The second kappa shape index (κ2) is 4.86.